The average molecular weight is 324 g/mol. The van der Waals surface area contributed by atoms with Gasteiger partial charge in [0.05, 0.1) is 11.6 Å². The summed E-state index contributed by atoms with van der Waals surface area (Å²) in [6.07, 6.45) is 1.60. The molecule has 25 heavy (non-hydrogen) atoms. The minimum atomic E-state index is -0.0266. The summed E-state index contributed by atoms with van der Waals surface area (Å²) in [6.45, 7) is 0. The molecule has 0 spiro atoms. The smallest absolute Gasteiger partial charge is 0.137 e. The molecule has 0 aromatic heterocycles. The molecule has 0 saturated heterocycles. The molecule has 4 heteroatoms. The van der Waals surface area contributed by atoms with Crippen LogP contribution < -0.4 is 4.90 Å². The van der Waals surface area contributed by atoms with E-state index in [0.717, 1.165) is 11.3 Å². The number of nitriles is 3. The van der Waals surface area contributed by atoms with Crippen molar-refractivity contribution < 1.29 is 0 Å². The van der Waals surface area contributed by atoms with Gasteiger partial charge in [0.15, 0.2) is 0 Å². The molecule has 0 aliphatic heterocycles. The Balaban J connectivity index is 2.61. The van der Waals surface area contributed by atoms with Crippen LogP contribution >= 0.6 is 0 Å². The SMILES string of the molecule is CN(C)c1ccc(C(/C=C(\C#N)c2ccccc2)=C(C#N)C#N)cc1. The molecule has 0 aliphatic rings. The molecule has 0 heterocycles. The summed E-state index contributed by atoms with van der Waals surface area (Å²) in [5, 5.41) is 28.1. The Labute approximate surface area is 147 Å². The van der Waals surface area contributed by atoms with Crippen molar-refractivity contribution in [2.24, 2.45) is 0 Å². The van der Waals surface area contributed by atoms with Crippen LogP contribution in [0.2, 0.25) is 0 Å². The molecule has 0 bridgehead atoms. The molecule has 2 aromatic carbocycles. The van der Waals surface area contributed by atoms with Crippen molar-refractivity contribution in [3.05, 3.63) is 77.4 Å². The van der Waals surface area contributed by atoms with Crippen LogP contribution in [0.25, 0.3) is 11.1 Å². The van der Waals surface area contributed by atoms with Crippen molar-refractivity contribution in [1.29, 1.82) is 15.8 Å². The van der Waals surface area contributed by atoms with E-state index in [2.05, 4.69) is 6.07 Å². The van der Waals surface area contributed by atoms with Crippen molar-refractivity contribution in [3.8, 4) is 18.2 Å². The molecule has 120 valence electrons. The van der Waals surface area contributed by atoms with Gasteiger partial charge in [-0.2, -0.15) is 15.8 Å². The summed E-state index contributed by atoms with van der Waals surface area (Å²) in [4.78, 5) is 1.96. The summed E-state index contributed by atoms with van der Waals surface area (Å²) in [6, 6.07) is 22.7. The third kappa shape index (κ3) is 4.14. The van der Waals surface area contributed by atoms with Gasteiger partial charge in [0.1, 0.15) is 17.7 Å². The Morgan fingerprint density at radius 3 is 1.88 bits per heavy atom. The second-order valence-corrected chi connectivity index (χ2v) is 5.49. The molecule has 0 unspecified atom stereocenters. The highest BCUT2D eigenvalue weighted by Gasteiger charge is 2.10. The van der Waals surface area contributed by atoms with Gasteiger partial charge in [-0.05, 0) is 29.3 Å². The lowest BCUT2D eigenvalue weighted by atomic mass is 9.96. The van der Waals surface area contributed by atoms with Gasteiger partial charge in [0.25, 0.3) is 0 Å². The number of rotatable bonds is 4. The van der Waals surface area contributed by atoms with Gasteiger partial charge < -0.3 is 4.90 Å². The van der Waals surface area contributed by atoms with Crippen LogP contribution in [0.5, 0.6) is 0 Å². The van der Waals surface area contributed by atoms with Gasteiger partial charge in [0.2, 0.25) is 0 Å². The molecule has 0 saturated carbocycles. The Morgan fingerprint density at radius 2 is 1.40 bits per heavy atom. The maximum atomic E-state index is 9.51. The van der Waals surface area contributed by atoms with Gasteiger partial charge in [0, 0.05) is 25.4 Å². The van der Waals surface area contributed by atoms with Crippen LogP contribution in [0.3, 0.4) is 0 Å². The van der Waals surface area contributed by atoms with E-state index in [1.807, 2.05) is 85.7 Å². The van der Waals surface area contributed by atoms with E-state index >= 15 is 0 Å². The molecular weight excluding hydrogens is 308 g/mol. The predicted octanol–water partition coefficient (Wildman–Crippen LogP) is 4.16. The number of hydrogen-bond acceptors (Lipinski definition) is 4. The fraction of sp³-hybridized carbons (Fsp3) is 0.0952. The molecule has 2 rings (SSSR count). The zero-order chi connectivity index (χ0) is 18.2. The lowest BCUT2D eigenvalue weighted by Crippen LogP contribution is -2.08. The fourth-order valence-electron chi connectivity index (χ4n) is 2.33. The van der Waals surface area contributed by atoms with Crippen LogP contribution in [-0.2, 0) is 0 Å². The Morgan fingerprint density at radius 1 is 0.800 bits per heavy atom. The van der Waals surface area contributed by atoms with Crippen LogP contribution in [-0.4, -0.2) is 14.1 Å². The summed E-state index contributed by atoms with van der Waals surface area (Å²) in [5.74, 6) is 0. The average Bonchev–Trinajstić information content (AvgIpc) is 2.66. The normalized spacial score (nSPS) is 10.1. The van der Waals surface area contributed by atoms with E-state index in [-0.39, 0.29) is 5.57 Å². The standard InChI is InChI=1S/C21H16N4/c1-25(2)20-10-8-17(9-11-20)21(19(14-23)15-24)12-18(13-22)16-6-4-3-5-7-16/h3-12H,1-2H3/b18-12+. The van der Waals surface area contributed by atoms with Crippen molar-refractivity contribution in [1.82, 2.24) is 0 Å². The minimum Gasteiger partial charge on any atom is -0.378 e. The molecule has 2 aromatic rings. The number of allylic oxidation sites excluding steroid dienone is 4. The fourth-order valence-corrected chi connectivity index (χ4v) is 2.33. The zero-order valence-electron chi connectivity index (χ0n) is 14.1. The summed E-state index contributed by atoms with van der Waals surface area (Å²) < 4.78 is 0. The van der Waals surface area contributed by atoms with E-state index in [1.54, 1.807) is 6.08 Å². The minimum absolute atomic E-state index is 0.0266. The first kappa shape index (κ1) is 17.5. The molecule has 0 amide bonds. The number of nitrogens with zero attached hydrogens (tertiary/aromatic N) is 4. The second kappa shape index (κ2) is 8.16. The predicted molar refractivity (Wildman–Crippen MR) is 98.9 cm³/mol. The second-order valence-electron chi connectivity index (χ2n) is 5.49. The van der Waals surface area contributed by atoms with Crippen molar-refractivity contribution >= 4 is 16.8 Å². The molecule has 0 radical (unpaired) electrons. The van der Waals surface area contributed by atoms with Crippen molar-refractivity contribution in [2.45, 2.75) is 0 Å². The number of anilines is 1. The van der Waals surface area contributed by atoms with Gasteiger partial charge in [-0.25, -0.2) is 0 Å². The van der Waals surface area contributed by atoms with Crippen LogP contribution in [0.1, 0.15) is 11.1 Å². The first-order chi connectivity index (χ1) is 12.1. The van der Waals surface area contributed by atoms with Crippen LogP contribution in [0.4, 0.5) is 5.69 Å². The topological polar surface area (TPSA) is 74.6 Å². The third-order valence-electron chi connectivity index (χ3n) is 3.68. The van der Waals surface area contributed by atoms with Gasteiger partial charge in [-0.15, -0.1) is 0 Å². The van der Waals surface area contributed by atoms with Crippen LogP contribution in [0, 0.1) is 34.0 Å². The maximum Gasteiger partial charge on any atom is 0.137 e. The molecule has 0 aliphatic carbocycles. The van der Waals surface area contributed by atoms with E-state index in [0.29, 0.717) is 16.7 Å². The lowest BCUT2D eigenvalue weighted by Gasteiger charge is -2.13. The first-order valence-corrected chi connectivity index (χ1v) is 7.60. The lowest BCUT2D eigenvalue weighted by molar-refractivity contribution is 1.13. The van der Waals surface area contributed by atoms with Gasteiger partial charge in [-0.3, -0.25) is 0 Å². The van der Waals surface area contributed by atoms with E-state index in [4.69, 9.17) is 0 Å². The van der Waals surface area contributed by atoms with Crippen LogP contribution in [0.15, 0.2) is 66.2 Å². The number of benzene rings is 2. The van der Waals surface area contributed by atoms with Crippen molar-refractivity contribution in [3.63, 3.8) is 0 Å². The highest BCUT2D eigenvalue weighted by molar-refractivity contribution is 5.92. The largest absolute Gasteiger partial charge is 0.378 e. The monoisotopic (exact) mass is 324 g/mol. The quantitative estimate of drug-likeness (QED) is 0.625. The summed E-state index contributed by atoms with van der Waals surface area (Å²) in [7, 11) is 3.87. The van der Waals surface area contributed by atoms with Gasteiger partial charge >= 0.3 is 0 Å². The highest BCUT2D eigenvalue weighted by atomic mass is 15.1. The molecule has 0 N–H and O–H groups in total. The molecule has 4 nitrogen and oxygen atoms in total. The summed E-state index contributed by atoms with van der Waals surface area (Å²) in [5.41, 5.74) is 3.27. The molecular formula is C21H16N4. The van der Waals surface area contributed by atoms with E-state index in [1.165, 1.54) is 0 Å². The Hall–Kier alpha value is -3.81. The van der Waals surface area contributed by atoms with Crippen molar-refractivity contribution in [2.75, 3.05) is 19.0 Å². The Kier molecular flexibility index (Phi) is 5.72. The van der Waals surface area contributed by atoms with Gasteiger partial charge in [-0.1, -0.05) is 42.5 Å². The summed E-state index contributed by atoms with van der Waals surface area (Å²) >= 11 is 0. The third-order valence-corrected chi connectivity index (χ3v) is 3.68. The molecule has 0 fully saturated rings. The maximum absolute atomic E-state index is 9.51. The molecule has 0 atom stereocenters. The first-order valence-electron chi connectivity index (χ1n) is 7.60. The number of hydrogen-bond donors (Lipinski definition) is 0. The highest BCUT2D eigenvalue weighted by Crippen LogP contribution is 2.26. The Bertz CT molecular complexity index is 913. The van der Waals surface area contributed by atoms with E-state index in [9.17, 15) is 15.8 Å². The van der Waals surface area contributed by atoms with E-state index < -0.39 is 0 Å². The zero-order valence-corrected chi connectivity index (χ0v) is 14.1.